The number of carbonyl (C=O) groups excluding carboxylic acids is 4. The van der Waals surface area contributed by atoms with Gasteiger partial charge in [0.25, 0.3) is 0 Å². The molecular formula is C29H43N7O6. The highest BCUT2D eigenvalue weighted by molar-refractivity contribution is 5.94. The minimum atomic E-state index is -1.02. The summed E-state index contributed by atoms with van der Waals surface area (Å²) >= 11 is 0. The Bertz CT molecular complexity index is 1160. The highest BCUT2D eigenvalue weighted by Gasteiger charge is 2.47. The van der Waals surface area contributed by atoms with Crippen LogP contribution in [0.15, 0.2) is 29.4 Å². The molecule has 0 aromatic heterocycles. The van der Waals surface area contributed by atoms with Crippen molar-refractivity contribution < 1.29 is 28.7 Å². The number of carbonyl (C=O) groups is 4. The smallest absolute Gasteiger partial charge is 0.408 e. The Labute approximate surface area is 246 Å². The third kappa shape index (κ3) is 8.75. The maximum atomic E-state index is 14.0. The van der Waals surface area contributed by atoms with Crippen molar-refractivity contribution in [1.82, 2.24) is 20.9 Å². The number of nitrogens with zero attached hydrogens (tertiary/aromatic N) is 4. The van der Waals surface area contributed by atoms with Gasteiger partial charge in [-0.3, -0.25) is 14.4 Å². The van der Waals surface area contributed by atoms with Gasteiger partial charge >= 0.3 is 6.09 Å². The van der Waals surface area contributed by atoms with E-state index in [0.29, 0.717) is 38.6 Å². The van der Waals surface area contributed by atoms with E-state index in [0.717, 1.165) is 11.3 Å². The summed E-state index contributed by atoms with van der Waals surface area (Å²) in [7, 11) is 1.60. The minimum absolute atomic E-state index is 0.0166. The van der Waals surface area contributed by atoms with Gasteiger partial charge in [-0.2, -0.15) is 0 Å². The normalized spacial score (nSPS) is 22.6. The van der Waals surface area contributed by atoms with E-state index in [9.17, 15) is 19.2 Å². The Morgan fingerprint density at radius 2 is 1.83 bits per heavy atom. The highest BCUT2D eigenvalue weighted by atomic mass is 16.6. The van der Waals surface area contributed by atoms with Gasteiger partial charge in [0.15, 0.2) is 0 Å². The third-order valence-electron chi connectivity index (χ3n) is 7.63. The van der Waals surface area contributed by atoms with Gasteiger partial charge in [0, 0.05) is 24.0 Å². The van der Waals surface area contributed by atoms with Crippen LogP contribution in [0.4, 0.5) is 4.79 Å². The fraction of sp³-hybridized carbons (Fsp3) is 0.655. The summed E-state index contributed by atoms with van der Waals surface area (Å²) in [4.78, 5) is 57.4. The molecule has 13 heteroatoms. The van der Waals surface area contributed by atoms with Crippen molar-refractivity contribution >= 4 is 23.8 Å². The van der Waals surface area contributed by atoms with Gasteiger partial charge in [0.2, 0.25) is 17.7 Å². The number of nitrogens with one attached hydrogen (secondary N) is 3. The summed E-state index contributed by atoms with van der Waals surface area (Å²) in [6, 6.07) is 4.81. The average Bonchev–Trinajstić information content (AvgIpc) is 3.33. The Balaban J connectivity index is 1.71. The maximum absolute atomic E-state index is 14.0. The Kier molecular flexibility index (Phi) is 11.4. The number of hydrogen-bond acceptors (Lipinski definition) is 7. The summed E-state index contributed by atoms with van der Waals surface area (Å²) < 4.78 is 10.5. The number of fused-ring (bicyclic) bond motifs is 1. The topological polar surface area (TPSA) is 175 Å². The maximum Gasteiger partial charge on any atom is 0.408 e. The van der Waals surface area contributed by atoms with Crippen molar-refractivity contribution in [2.75, 3.05) is 20.2 Å². The molecule has 0 radical (unpaired) electrons. The lowest BCUT2D eigenvalue weighted by Gasteiger charge is -2.32. The predicted octanol–water partition coefficient (Wildman–Crippen LogP) is 3.22. The molecule has 4 amide bonds. The number of ether oxygens (including phenoxy) is 2. The van der Waals surface area contributed by atoms with Gasteiger partial charge in [-0.1, -0.05) is 24.2 Å². The van der Waals surface area contributed by atoms with Crippen LogP contribution < -0.4 is 20.7 Å². The van der Waals surface area contributed by atoms with E-state index in [1.165, 1.54) is 0 Å². The van der Waals surface area contributed by atoms with Crippen molar-refractivity contribution in [3.8, 4) is 5.75 Å². The molecule has 0 unspecified atom stereocenters. The molecule has 2 saturated heterocycles. The first-order valence-electron chi connectivity index (χ1n) is 14.5. The molecule has 2 heterocycles. The number of methoxy groups -OCH3 is 1. The van der Waals surface area contributed by atoms with Crippen LogP contribution >= 0.6 is 0 Å². The summed E-state index contributed by atoms with van der Waals surface area (Å²) in [5.41, 5.74) is 9.24. The lowest BCUT2D eigenvalue weighted by Crippen LogP contribution is -2.59. The summed E-state index contributed by atoms with van der Waals surface area (Å²) in [6.45, 7) is 7.31. The van der Waals surface area contributed by atoms with Gasteiger partial charge in [-0.05, 0) is 88.4 Å². The van der Waals surface area contributed by atoms with Crippen LogP contribution in [-0.4, -0.2) is 78.7 Å². The van der Waals surface area contributed by atoms with E-state index in [1.54, 1.807) is 39.7 Å². The molecule has 2 fully saturated rings. The lowest BCUT2D eigenvalue weighted by molar-refractivity contribution is -0.143. The largest absolute Gasteiger partial charge is 0.497 e. The zero-order valence-corrected chi connectivity index (χ0v) is 25.1. The van der Waals surface area contributed by atoms with Crippen LogP contribution in [0.1, 0.15) is 65.4 Å². The number of rotatable bonds is 11. The van der Waals surface area contributed by atoms with Crippen LogP contribution in [0.5, 0.6) is 5.75 Å². The number of benzene rings is 1. The predicted molar refractivity (Wildman–Crippen MR) is 155 cm³/mol. The fourth-order valence-electron chi connectivity index (χ4n) is 5.51. The fourth-order valence-corrected chi connectivity index (χ4v) is 5.51. The molecule has 3 rings (SSSR count). The molecule has 1 aromatic rings. The Morgan fingerprint density at radius 1 is 1.14 bits per heavy atom. The monoisotopic (exact) mass is 585 g/mol. The quantitative estimate of drug-likeness (QED) is 0.204. The molecule has 0 aliphatic carbocycles. The standard InChI is InChI=1S/C29H43N7O6/c1-6-22(33-28(40)42-29(2,3)4)25(37)34-24-19(17-32-35-30)9-10-20-11-14-23(36(20)27(24)39)26(38)31-16-15-18-7-12-21(41-5)13-8-18/h7-8,12-13,19-20,22-24H,6,9-11,14-17H2,1-5H3,(H,31,38)(H,33,40)(H,34,37)/t19-,20+,22+,23+,24+/m1/s1. The second-order valence-corrected chi connectivity index (χ2v) is 11.7. The number of amides is 4. The number of alkyl carbamates (subject to hydrolysis) is 1. The lowest BCUT2D eigenvalue weighted by atomic mass is 9.93. The van der Waals surface area contributed by atoms with Crippen LogP contribution in [0.25, 0.3) is 10.4 Å². The van der Waals surface area contributed by atoms with Gasteiger partial charge in [0.05, 0.1) is 7.11 Å². The van der Waals surface area contributed by atoms with E-state index in [4.69, 9.17) is 15.0 Å². The SMILES string of the molecule is CC[C@H](NC(=O)OC(C)(C)C)C(=O)N[C@@H]1C(=O)N2[C@@H](CC[C@@H]1CN=[N+]=[N-])CC[C@H]2C(=O)NCCc1ccc(OC)cc1. The second-order valence-electron chi connectivity index (χ2n) is 11.7. The molecule has 1 aromatic carbocycles. The van der Waals surface area contributed by atoms with Crippen molar-refractivity contribution in [2.45, 2.75) is 96.0 Å². The molecule has 0 spiro atoms. The van der Waals surface area contributed by atoms with E-state index in [1.807, 2.05) is 24.3 Å². The van der Waals surface area contributed by atoms with E-state index in [2.05, 4.69) is 26.0 Å². The third-order valence-corrected chi connectivity index (χ3v) is 7.63. The molecule has 13 nitrogen and oxygen atoms in total. The number of azide groups is 1. The molecule has 0 bridgehead atoms. The first-order chi connectivity index (χ1) is 20.0. The molecule has 5 atom stereocenters. The van der Waals surface area contributed by atoms with Gasteiger partial charge < -0.3 is 30.3 Å². The van der Waals surface area contributed by atoms with E-state index >= 15 is 0 Å². The molecule has 3 N–H and O–H groups in total. The summed E-state index contributed by atoms with van der Waals surface area (Å²) in [5, 5.41) is 12.0. The van der Waals surface area contributed by atoms with Crippen LogP contribution in [-0.2, 0) is 25.5 Å². The second kappa shape index (κ2) is 14.8. The molecule has 2 aliphatic heterocycles. The first kappa shape index (κ1) is 32.5. The Morgan fingerprint density at radius 3 is 2.45 bits per heavy atom. The van der Waals surface area contributed by atoms with E-state index in [-0.39, 0.29) is 30.8 Å². The summed E-state index contributed by atoms with van der Waals surface area (Å²) in [5.74, 6) is -0.878. The zero-order valence-electron chi connectivity index (χ0n) is 25.1. The van der Waals surface area contributed by atoms with Crippen LogP contribution in [0.3, 0.4) is 0 Å². The van der Waals surface area contributed by atoms with Gasteiger partial charge in [0.1, 0.15) is 29.5 Å². The van der Waals surface area contributed by atoms with Crippen molar-refractivity contribution in [2.24, 2.45) is 11.0 Å². The summed E-state index contributed by atoms with van der Waals surface area (Å²) in [6.07, 6.45) is 2.47. The van der Waals surface area contributed by atoms with E-state index < -0.39 is 41.6 Å². The van der Waals surface area contributed by atoms with Crippen molar-refractivity contribution in [3.05, 3.63) is 40.3 Å². The van der Waals surface area contributed by atoms with Crippen LogP contribution in [0.2, 0.25) is 0 Å². The molecule has 42 heavy (non-hydrogen) atoms. The minimum Gasteiger partial charge on any atom is -0.497 e. The molecule has 0 saturated carbocycles. The van der Waals surface area contributed by atoms with Gasteiger partial charge in [-0.15, -0.1) is 0 Å². The van der Waals surface area contributed by atoms with Crippen molar-refractivity contribution in [3.63, 3.8) is 0 Å². The Hall–Kier alpha value is -3.99. The first-order valence-corrected chi connectivity index (χ1v) is 14.5. The van der Waals surface area contributed by atoms with Crippen molar-refractivity contribution in [1.29, 1.82) is 0 Å². The zero-order chi connectivity index (χ0) is 30.9. The number of hydrogen-bond donors (Lipinski definition) is 3. The van der Waals surface area contributed by atoms with Gasteiger partial charge in [-0.25, -0.2) is 4.79 Å². The molecule has 2 aliphatic rings. The van der Waals surface area contributed by atoms with Crippen LogP contribution in [0, 0.1) is 5.92 Å². The average molecular weight is 586 g/mol. The highest BCUT2D eigenvalue weighted by Crippen LogP contribution is 2.34. The molecule has 230 valence electrons. The molecular weight excluding hydrogens is 542 g/mol.